The number of carbonyl (C=O) groups is 2. The molecule has 29 heavy (non-hydrogen) atoms. The average Bonchev–Trinajstić information content (AvgIpc) is 3.16. The molecule has 1 saturated heterocycles. The number of benzene rings is 2. The number of nitrogens with one attached hydrogen (secondary N) is 1. The molecule has 6 nitrogen and oxygen atoms in total. The molecule has 1 fully saturated rings. The third kappa shape index (κ3) is 4.21. The number of aryl methyl sites for hydroxylation is 1. The molecule has 0 saturated carbocycles. The fourth-order valence-corrected chi connectivity index (χ4v) is 3.59. The van der Waals surface area contributed by atoms with E-state index in [1.54, 1.807) is 11.8 Å². The van der Waals surface area contributed by atoms with Crippen LogP contribution in [0.25, 0.3) is 11.5 Å². The van der Waals surface area contributed by atoms with E-state index < -0.39 is 0 Å². The van der Waals surface area contributed by atoms with Gasteiger partial charge in [0.2, 0.25) is 11.8 Å². The zero-order valence-corrected chi connectivity index (χ0v) is 16.3. The van der Waals surface area contributed by atoms with Crippen LogP contribution in [0.3, 0.4) is 0 Å². The first-order valence-electron chi connectivity index (χ1n) is 9.80. The van der Waals surface area contributed by atoms with Crippen LogP contribution in [-0.4, -0.2) is 34.8 Å². The van der Waals surface area contributed by atoms with E-state index in [0.717, 1.165) is 24.1 Å². The summed E-state index contributed by atoms with van der Waals surface area (Å²) in [7, 11) is 0. The van der Waals surface area contributed by atoms with Crippen LogP contribution in [-0.2, 0) is 4.79 Å². The molecule has 0 aliphatic carbocycles. The predicted octanol–water partition coefficient (Wildman–Crippen LogP) is 4.14. The Bertz CT molecular complexity index is 999. The highest BCUT2D eigenvalue weighted by molar-refractivity contribution is 5.96. The van der Waals surface area contributed by atoms with Crippen molar-refractivity contribution in [2.24, 2.45) is 5.92 Å². The van der Waals surface area contributed by atoms with Crippen molar-refractivity contribution in [3.63, 3.8) is 0 Å². The number of amides is 2. The number of para-hydroxylation sites is 1. The minimum Gasteiger partial charge on any atom is -0.441 e. The lowest BCUT2D eigenvalue weighted by Gasteiger charge is -2.31. The molecule has 2 aromatic carbocycles. The second-order valence-corrected chi connectivity index (χ2v) is 7.24. The van der Waals surface area contributed by atoms with Crippen LogP contribution in [0.15, 0.2) is 65.1 Å². The van der Waals surface area contributed by atoms with Crippen LogP contribution in [0.5, 0.6) is 0 Å². The SMILES string of the molecule is Cc1oc(-c2ccccc2)nc1C(=O)N1CCC[C@@H](C(=O)Nc2ccccc2)C1. The minimum absolute atomic E-state index is 0.0597. The van der Waals surface area contributed by atoms with Crippen molar-refractivity contribution in [1.29, 1.82) is 0 Å². The zero-order chi connectivity index (χ0) is 20.2. The summed E-state index contributed by atoms with van der Waals surface area (Å²) >= 11 is 0. The van der Waals surface area contributed by atoms with Gasteiger partial charge < -0.3 is 14.6 Å². The monoisotopic (exact) mass is 389 g/mol. The van der Waals surface area contributed by atoms with Crippen molar-refractivity contribution in [3.8, 4) is 11.5 Å². The van der Waals surface area contributed by atoms with Gasteiger partial charge in [-0.15, -0.1) is 0 Å². The first-order valence-corrected chi connectivity index (χ1v) is 9.80. The molecule has 4 rings (SSSR count). The Morgan fingerprint density at radius 2 is 1.76 bits per heavy atom. The summed E-state index contributed by atoms with van der Waals surface area (Å²) in [5, 5.41) is 2.94. The number of rotatable bonds is 4. The van der Waals surface area contributed by atoms with Gasteiger partial charge in [-0.3, -0.25) is 9.59 Å². The second kappa shape index (κ2) is 8.31. The standard InChI is InChI=1S/C23H23N3O3/c1-16-20(25-22(29-16)17-9-4-2-5-10-17)23(28)26-14-8-11-18(15-26)21(27)24-19-12-6-3-7-13-19/h2-7,9-10,12-13,18H,8,11,14-15H2,1H3,(H,24,27)/t18-/m1/s1. The van der Waals surface area contributed by atoms with Crippen molar-refractivity contribution in [3.05, 3.63) is 72.1 Å². The molecule has 0 bridgehead atoms. The highest BCUT2D eigenvalue weighted by atomic mass is 16.4. The van der Waals surface area contributed by atoms with E-state index in [4.69, 9.17) is 4.42 Å². The first kappa shape index (κ1) is 18.9. The van der Waals surface area contributed by atoms with Gasteiger partial charge >= 0.3 is 0 Å². The van der Waals surface area contributed by atoms with Gasteiger partial charge in [-0.2, -0.15) is 0 Å². The lowest BCUT2D eigenvalue weighted by Crippen LogP contribution is -2.44. The van der Waals surface area contributed by atoms with E-state index in [2.05, 4.69) is 10.3 Å². The first-order chi connectivity index (χ1) is 14.1. The van der Waals surface area contributed by atoms with E-state index in [1.807, 2.05) is 60.7 Å². The van der Waals surface area contributed by atoms with Crippen molar-refractivity contribution in [2.75, 3.05) is 18.4 Å². The van der Waals surface area contributed by atoms with Gasteiger partial charge in [0, 0.05) is 24.3 Å². The molecule has 2 amide bonds. The molecule has 0 unspecified atom stereocenters. The molecule has 0 spiro atoms. The number of aromatic nitrogens is 1. The topological polar surface area (TPSA) is 75.4 Å². The van der Waals surface area contributed by atoms with Gasteiger partial charge in [-0.1, -0.05) is 36.4 Å². The molecule has 3 aromatic rings. The van der Waals surface area contributed by atoms with Gasteiger partial charge in [-0.05, 0) is 44.0 Å². The molecular weight excluding hydrogens is 366 g/mol. The van der Waals surface area contributed by atoms with Crippen molar-refractivity contribution >= 4 is 17.5 Å². The van der Waals surface area contributed by atoms with Gasteiger partial charge in [0.25, 0.3) is 5.91 Å². The van der Waals surface area contributed by atoms with E-state index in [9.17, 15) is 9.59 Å². The molecule has 1 N–H and O–H groups in total. The minimum atomic E-state index is -0.242. The van der Waals surface area contributed by atoms with Crippen molar-refractivity contribution in [2.45, 2.75) is 19.8 Å². The van der Waals surface area contributed by atoms with Crippen LogP contribution < -0.4 is 5.32 Å². The molecule has 0 radical (unpaired) electrons. The number of hydrogen-bond acceptors (Lipinski definition) is 4. The maximum Gasteiger partial charge on any atom is 0.276 e. The Labute approximate surface area is 169 Å². The van der Waals surface area contributed by atoms with Gasteiger partial charge in [0.05, 0.1) is 5.92 Å². The highest BCUT2D eigenvalue weighted by Crippen LogP contribution is 2.25. The number of oxazole rings is 1. The summed E-state index contributed by atoms with van der Waals surface area (Å²) in [6.45, 7) is 2.74. The fourth-order valence-electron chi connectivity index (χ4n) is 3.59. The van der Waals surface area contributed by atoms with E-state index in [0.29, 0.717) is 30.4 Å². The fraction of sp³-hybridized carbons (Fsp3) is 0.261. The quantitative estimate of drug-likeness (QED) is 0.728. The van der Waals surface area contributed by atoms with Crippen LogP contribution in [0.1, 0.15) is 29.1 Å². The van der Waals surface area contributed by atoms with Crippen molar-refractivity contribution in [1.82, 2.24) is 9.88 Å². The zero-order valence-electron chi connectivity index (χ0n) is 16.3. The van der Waals surface area contributed by atoms with Crippen molar-refractivity contribution < 1.29 is 14.0 Å². The Balaban J connectivity index is 1.46. The number of nitrogens with zero attached hydrogens (tertiary/aromatic N) is 2. The maximum atomic E-state index is 13.1. The van der Waals surface area contributed by atoms with E-state index in [-0.39, 0.29) is 17.7 Å². The second-order valence-electron chi connectivity index (χ2n) is 7.24. The summed E-state index contributed by atoms with van der Waals surface area (Å²) < 4.78 is 5.73. The maximum absolute atomic E-state index is 13.1. The Morgan fingerprint density at radius 3 is 2.48 bits per heavy atom. The Morgan fingerprint density at radius 1 is 1.07 bits per heavy atom. The summed E-state index contributed by atoms with van der Waals surface area (Å²) in [5.74, 6) is 0.432. The van der Waals surface area contributed by atoms with Gasteiger partial charge in [0.1, 0.15) is 5.76 Å². The molecule has 6 heteroatoms. The van der Waals surface area contributed by atoms with Gasteiger partial charge in [-0.25, -0.2) is 4.98 Å². The number of hydrogen-bond donors (Lipinski definition) is 1. The van der Waals surface area contributed by atoms with Crippen LogP contribution in [0.2, 0.25) is 0 Å². The van der Waals surface area contributed by atoms with Crippen LogP contribution in [0.4, 0.5) is 5.69 Å². The molecule has 2 heterocycles. The molecule has 1 aromatic heterocycles. The third-order valence-corrected chi connectivity index (χ3v) is 5.14. The normalized spacial score (nSPS) is 16.4. The molecule has 1 atom stereocenters. The third-order valence-electron chi connectivity index (χ3n) is 5.14. The van der Waals surface area contributed by atoms with Gasteiger partial charge in [0.15, 0.2) is 5.69 Å². The Kier molecular flexibility index (Phi) is 5.42. The molecule has 148 valence electrons. The molecule has 1 aliphatic heterocycles. The smallest absolute Gasteiger partial charge is 0.276 e. The summed E-state index contributed by atoms with van der Waals surface area (Å²) in [5.41, 5.74) is 1.90. The average molecular weight is 389 g/mol. The number of anilines is 1. The van der Waals surface area contributed by atoms with Crippen LogP contribution >= 0.6 is 0 Å². The lowest BCUT2D eigenvalue weighted by molar-refractivity contribution is -0.121. The van der Waals surface area contributed by atoms with E-state index >= 15 is 0 Å². The van der Waals surface area contributed by atoms with E-state index in [1.165, 1.54) is 0 Å². The van der Waals surface area contributed by atoms with Crippen LogP contribution in [0, 0.1) is 12.8 Å². The predicted molar refractivity (Wildman–Crippen MR) is 110 cm³/mol. The molecular formula is C23H23N3O3. The number of likely N-dealkylation sites (tertiary alicyclic amines) is 1. The lowest BCUT2D eigenvalue weighted by atomic mass is 9.96. The molecule has 1 aliphatic rings. The Hall–Kier alpha value is -3.41. The highest BCUT2D eigenvalue weighted by Gasteiger charge is 2.31. The summed E-state index contributed by atoms with van der Waals surface area (Å²) in [6, 6.07) is 18.9. The number of carbonyl (C=O) groups excluding carboxylic acids is 2. The largest absolute Gasteiger partial charge is 0.441 e. The summed E-state index contributed by atoms with van der Waals surface area (Å²) in [6.07, 6.45) is 1.54. The summed E-state index contributed by atoms with van der Waals surface area (Å²) in [4.78, 5) is 31.8. The number of piperidine rings is 1.